The third-order valence-electron chi connectivity index (χ3n) is 1.81. The maximum absolute atomic E-state index is 10.5. The standard InChI is InChI=1S/C8H6ClN3O/c1-5-8(11-13)12-4-6(9)2-3-7(12)10-5/h2-4H,1H3. The van der Waals surface area contributed by atoms with Gasteiger partial charge in [-0.2, -0.15) is 0 Å². The summed E-state index contributed by atoms with van der Waals surface area (Å²) in [5.74, 6) is 0.303. The summed E-state index contributed by atoms with van der Waals surface area (Å²) in [4.78, 5) is 14.6. The predicted molar refractivity (Wildman–Crippen MR) is 50.4 cm³/mol. The van der Waals surface area contributed by atoms with Crippen molar-refractivity contribution in [3.63, 3.8) is 0 Å². The fourth-order valence-corrected chi connectivity index (χ4v) is 1.39. The smallest absolute Gasteiger partial charge is 0.204 e. The highest BCUT2D eigenvalue weighted by Gasteiger charge is 2.08. The van der Waals surface area contributed by atoms with Gasteiger partial charge in [0.2, 0.25) is 5.82 Å². The number of imidazole rings is 1. The molecule has 0 bridgehead atoms. The first-order chi connectivity index (χ1) is 6.22. The molecule has 13 heavy (non-hydrogen) atoms. The highest BCUT2D eigenvalue weighted by molar-refractivity contribution is 6.30. The first-order valence-corrected chi connectivity index (χ1v) is 4.08. The largest absolute Gasteiger partial charge is 0.280 e. The Balaban J connectivity index is 2.88. The first kappa shape index (κ1) is 8.19. The van der Waals surface area contributed by atoms with Crippen molar-refractivity contribution >= 4 is 23.1 Å². The number of hydrogen-bond acceptors (Lipinski definition) is 3. The maximum Gasteiger partial charge on any atom is 0.204 e. The Labute approximate surface area is 79.1 Å². The fourth-order valence-electron chi connectivity index (χ4n) is 1.23. The molecule has 66 valence electrons. The van der Waals surface area contributed by atoms with Crippen molar-refractivity contribution in [2.75, 3.05) is 0 Å². The zero-order valence-electron chi connectivity index (χ0n) is 6.86. The number of fused-ring (bicyclic) bond motifs is 1. The Kier molecular flexibility index (Phi) is 1.77. The van der Waals surface area contributed by atoms with Crippen molar-refractivity contribution in [3.05, 3.63) is 34.0 Å². The van der Waals surface area contributed by atoms with Gasteiger partial charge in [0.05, 0.1) is 10.7 Å². The molecule has 0 fully saturated rings. The number of nitrogens with zero attached hydrogens (tertiary/aromatic N) is 3. The fraction of sp³-hybridized carbons (Fsp3) is 0.125. The SMILES string of the molecule is Cc1nc2ccc(Cl)cn2c1N=O. The number of aromatic nitrogens is 2. The van der Waals surface area contributed by atoms with Gasteiger partial charge in [-0.25, -0.2) is 4.98 Å². The Morgan fingerprint density at radius 2 is 2.31 bits per heavy atom. The molecule has 4 nitrogen and oxygen atoms in total. The maximum atomic E-state index is 10.5. The van der Waals surface area contributed by atoms with E-state index in [9.17, 15) is 4.91 Å². The summed E-state index contributed by atoms with van der Waals surface area (Å²) in [6.45, 7) is 1.73. The quantitative estimate of drug-likeness (QED) is 0.657. The van der Waals surface area contributed by atoms with Gasteiger partial charge in [-0.15, -0.1) is 4.91 Å². The molecule has 0 aromatic carbocycles. The summed E-state index contributed by atoms with van der Waals surface area (Å²) in [6.07, 6.45) is 1.62. The molecule has 0 unspecified atom stereocenters. The molecule has 0 aliphatic heterocycles. The van der Waals surface area contributed by atoms with Crippen molar-refractivity contribution in [2.24, 2.45) is 5.18 Å². The molecular weight excluding hydrogens is 190 g/mol. The lowest BCUT2D eigenvalue weighted by Crippen LogP contribution is -1.82. The van der Waals surface area contributed by atoms with Crippen molar-refractivity contribution in [1.82, 2.24) is 9.38 Å². The van der Waals surface area contributed by atoms with E-state index < -0.39 is 0 Å². The van der Waals surface area contributed by atoms with Crippen LogP contribution in [-0.2, 0) is 0 Å². The number of halogens is 1. The van der Waals surface area contributed by atoms with Gasteiger partial charge in [-0.1, -0.05) is 11.6 Å². The van der Waals surface area contributed by atoms with Crippen molar-refractivity contribution in [3.8, 4) is 0 Å². The van der Waals surface area contributed by atoms with Crippen LogP contribution in [-0.4, -0.2) is 9.38 Å². The van der Waals surface area contributed by atoms with Crippen LogP contribution in [0, 0.1) is 11.8 Å². The van der Waals surface area contributed by atoms with Gasteiger partial charge in [-0.05, 0) is 24.2 Å². The Hall–Kier alpha value is -1.42. The van der Waals surface area contributed by atoms with Gasteiger partial charge in [0.25, 0.3) is 0 Å². The minimum Gasteiger partial charge on any atom is -0.280 e. The van der Waals surface area contributed by atoms with Crippen LogP contribution in [0.15, 0.2) is 23.5 Å². The van der Waals surface area contributed by atoms with Crippen LogP contribution in [0.25, 0.3) is 5.65 Å². The molecule has 2 heterocycles. The van der Waals surface area contributed by atoms with E-state index in [0.29, 0.717) is 22.2 Å². The zero-order valence-corrected chi connectivity index (χ0v) is 7.62. The van der Waals surface area contributed by atoms with Gasteiger partial charge in [-0.3, -0.25) is 4.40 Å². The molecule has 0 spiro atoms. The van der Waals surface area contributed by atoms with E-state index in [1.165, 1.54) is 0 Å². The third-order valence-corrected chi connectivity index (χ3v) is 2.03. The van der Waals surface area contributed by atoms with E-state index in [-0.39, 0.29) is 0 Å². The van der Waals surface area contributed by atoms with Gasteiger partial charge < -0.3 is 0 Å². The lowest BCUT2D eigenvalue weighted by atomic mass is 10.5. The van der Waals surface area contributed by atoms with Crippen molar-refractivity contribution in [1.29, 1.82) is 0 Å². The number of hydrogen-bond donors (Lipinski definition) is 0. The molecule has 0 N–H and O–H groups in total. The molecule has 2 aromatic heterocycles. The average molecular weight is 196 g/mol. The summed E-state index contributed by atoms with van der Waals surface area (Å²) < 4.78 is 1.57. The second kappa shape index (κ2) is 2.81. The number of pyridine rings is 1. The topological polar surface area (TPSA) is 46.7 Å². The zero-order chi connectivity index (χ0) is 9.42. The molecule has 5 heteroatoms. The van der Waals surface area contributed by atoms with Gasteiger partial charge in [0.1, 0.15) is 5.65 Å². The van der Waals surface area contributed by atoms with Crippen LogP contribution < -0.4 is 0 Å². The van der Waals surface area contributed by atoms with Crippen LogP contribution in [0.1, 0.15) is 5.69 Å². The van der Waals surface area contributed by atoms with E-state index in [4.69, 9.17) is 11.6 Å². The Morgan fingerprint density at radius 3 is 3.00 bits per heavy atom. The summed E-state index contributed by atoms with van der Waals surface area (Å²) in [7, 11) is 0. The van der Waals surface area contributed by atoms with E-state index in [1.807, 2.05) is 0 Å². The van der Waals surface area contributed by atoms with Crippen molar-refractivity contribution < 1.29 is 0 Å². The molecule has 2 aromatic rings. The second-order valence-corrected chi connectivity index (χ2v) is 3.12. The van der Waals surface area contributed by atoms with Gasteiger partial charge in [0, 0.05) is 6.20 Å². The van der Waals surface area contributed by atoms with Crippen LogP contribution >= 0.6 is 11.6 Å². The number of aryl methyl sites for hydroxylation is 1. The second-order valence-electron chi connectivity index (χ2n) is 2.69. The molecule has 0 aliphatic rings. The van der Waals surface area contributed by atoms with Gasteiger partial charge >= 0.3 is 0 Å². The minimum absolute atomic E-state index is 0.303. The summed E-state index contributed by atoms with van der Waals surface area (Å²) in [5.41, 5.74) is 1.29. The summed E-state index contributed by atoms with van der Waals surface area (Å²) in [5, 5.41) is 3.44. The lowest BCUT2D eigenvalue weighted by molar-refractivity contribution is 1.15. The van der Waals surface area contributed by atoms with E-state index in [1.54, 1.807) is 29.7 Å². The average Bonchev–Trinajstić information content (AvgIpc) is 2.40. The lowest BCUT2D eigenvalue weighted by Gasteiger charge is -1.94. The molecule has 0 aliphatic carbocycles. The molecule has 2 rings (SSSR count). The molecule has 0 atom stereocenters. The number of nitroso groups, excluding NO2 is 1. The Bertz CT molecular complexity index is 477. The monoisotopic (exact) mass is 195 g/mol. The molecule has 0 saturated heterocycles. The van der Waals surface area contributed by atoms with Crippen LogP contribution in [0.3, 0.4) is 0 Å². The molecule has 0 radical (unpaired) electrons. The van der Waals surface area contributed by atoms with E-state index >= 15 is 0 Å². The number of rotatable bonds is 1. The Morgan fingerprint density at radius 1 is 1.54 bits per heavy atom. The van der Waals surface area contributed by atoms with E-state index in [0.717, 1.165) is 0 Å². The highest BCUT2D eigenvalue weighted by Crippen LogP contribution is 2.21. The molecule has 0 amide bonds. The highest BCUT2D eigenvalue weighted by atomic mass is 35.5. The summed E-state index contributed by atoms with van der Waals surface area (Å²) in [6, 6.07) is 3.46. The minimum atomic E-state index is 0.303. The molecule has 0 saturated carbocycles. The van der Waals surface area contributed by atoms with Crippen LogP contribution in [0.4, 0.5) is 5.82 Å². The third kappa shape index (κ3) is 1.19. The predicted octanol–water partition coefficient (Wildman–Crippen LogP) is 2.69. The van der Waals surface area contributed by atoms with E-state index in [2.05, 4.69) is 10.2 Å². The summed E-state index contributed by atoms with van der Waals surface area (Å²) >= 11 is 5.76. The first-order valence-electron chi connectivity index (χ1n) is 3.70. The van der Waals surface area contributed by atoms with Crippen LogP contribution in [0.5, 0.6) is 0 Å². The normalized spacial score (nSPS) is 10.6. The van der Waals surface area contributed by atoms with Crippen molar-refractivity contribution in [2.45, 2.75) is 6.92 Å². The van der Waals surface area contributed by atoms with Gasteiger partial charge in [0.15, 0.2) is 0 Å². The molecular formula is C8H6ClN3O. The van der Waals surface area contributed by atoms with Crippen LogP contribution in [0.2, 0.25) is 5.02 Å².